The van der Waals surface area contributed by atoms with E-state index in [0.29, 0.717) is 52.7 Å². The Kier molecular flexibility index (Phi) is 9.41. The van der Waals surface area contributed by atoms with Gasteiger partial charge in [0.15, 0.2) is 0 Å². The maximum Gasteiger partial charge on any atom is 0.230 e. The molecule has 1 aliphatic heterocycles. The number of nitrogens with zero attached hydrogens (tertiary/aromatic N) is 2. The van der Waals surface area contributed by atoms with Crippen LogP contribution in [0.15, 0.2) is 36.4 Å². The molecule has 1 fully saturated rings. The summed E-state index contributed by atoms with van der Waals surface area (Å²) in [6, 6.07) is 10.3. The number of rotatable bonds is 8. The van der Waals surface area contributed by atoms with Crippen molar-refractivity contribution >= 4 is 62.3 Å². The summed E-state index contributed by atoms with van der Waals surface area (Å²) in [4.78, 5) is 15.7. The second-order valence-corrected chi connectivity index (χ2v) is 12.7. The van der Waals surface area contributed by atoms with Gasteiger partial charge in [-0.2, -0.15) is 4.31 Å². The molecule has 2 aromatic rings. The number of sulfonamides is 1. The minimum absolute atomic E-state index is 0.140. The Hall–Kier alpha value is -1.06. The van der Waals surface area contributed by atoms with Crippen LogP contribution in [0, 0.1) is 0 Å². The smallest absolute Gasteiger partial charge is 0.230 e. The first-order valence-electron chi connectivity index (χ1n) is 11.2. The predicted molar refractivity (Wildman–Crippen MR) is 144 cm³/mol. The minimum atomic E-state index is -3.25. The summed E-state index contributed by atoms with van der Waals surface area (Å²) in [6.45, 7) is 6.29. The van der Waals surface area contributed by atoms with Crippen molar-refractivity contribution in [3.05, 3.63) is 67.6 Å². The van der Waals surface area contributed by atoms with E-state index in [1.165, 1.54) is 10.6 Å². The molecule has 0 aliphatic carbocycles. The molecule has 6 nitrogen and oxygen atoms in total. The van der Waals surface area contributed by atoms with Crippen LogP contribution in [0.2, 0.25) is 20.1 Å². The molecule has 0 bridgehead atoms. The maximum absolute atomic E-state index is 13.6. The summed E-state index contributed by atoms with van der Waals surface area (Å²) in [7, 11) is -3.25. The van der Waals surface area contributed by atoms with Gasteiger partial charge < -0.3 is 10.2 Å². The highest BCUT2D eigenvalue weighted by atomic mass is 35.5. The average molecular weight is 581 g/mol. The van der Waals surface area contributed by atoms with Gasteiger partial charge in [-0.05, 0) is 62.2 Å². The molecule has 3 rings (SSSR count). The Morgan fingerprint density at radius 3 is 2.23 bits per heavy atom. The van der Waals surface area contributed by atoms with Crippen LogP contribution in [0.5, 0.6) is 0 Å². The molecule has 1 aliphatic rings. The molecule has 0 aromatic heterocycles. The van der Waals surface area contributed by atoms with Crippen LogP contribution in [0.3, 0.4) is 0 Å². The third-order valence-corrected chi connectivity index (χ3v) is 9.37. The molecular weight excluding hydrogens is 552 g/mol. The lowest BCUT2D eigenvalue weighted by molar-refractivity contribution is -0.126. The summed E-state index contributed by atoms with van der Waals surface area (Å²) in [5.74, 6) is -0.162. The van der Waals surface area contributed by atoms with Gasteiger partial charge >= 0.3 is 0 Å². The lowest BCUT2D eigenvalue weighted by Gasteiger charge is -2.40. The lowest BCUT2D eigenvalue weighted by atomic mass is 9.78. The zero-order valence-corrected chi connectivity index (χ0v) is 23.7. The molecule has 2 aromatic carbocycles. The Labute approximate surface area is 227 Å². The highest BCUT2D eigenvalue weighted by Gasteiger charge is 2.37. The zero-order chi connectivity index (χ0) is 26.0. The monoisotopic (exact) mass is 579 g/mol. The van der Waals surface area contributed by atoms with Gasteiger partial charge in [-0.3, -0.25) is 4.79 Å². The zero-order valence-electron chi connectivity index (χ0n) is 19.8. The fourth-order valence-electron chi connectivity index (χ4n) is 4.35. The SMILES string of the molecule is C[C@@H]1CN(CC[C@@](C)(C(=O)NCc2ccc(Cl)c(Cl)c2)c2ccc(Cl)c(Cl)c2)CCN1S(C)(=O)=O. The van der Waals surface area contributed by atoms with E-state index in [9.17, 15) is 13.2 Å². The van der Waals surface area contributed by atoms with E-state index in [1.807, 2.05) is 26.0 Å². The summed E-state index contributed by atoms with van der Waals surface area (Å²) in [5, 5.41) is 4.69. The van der Waals surface area contributed by atoms with Gasteiger partial charge in [-0.15, -0.1) is 0 Å². The fraction of sp³-hybridized carbons (Fsp3) is 0.458. The van der Waals surface area contributed by atoms with Crippen molar-refractivity contribution in [1.29, 1.82) is 0 Å². The van der Waals surface area contributed by atoms with E-state index >= 15 is 0 Å². The van der Waals surface area contributed by atoms with Crippen molar-refractivity contribution in [2.24, 2.45) is 0 Å². The van der Waals surface area contributed by atoms with E-state index in [1.54, 1.807) is 24.3 Å². The van der Waals surface area contributed by atoms with E-state index in [2.05, 4.69) is 10.2 Å². The standard InChI is InChI=1S/C24H29Cl4N3O3S/c1-16-15-30(10-11-31(16)35(3,33)34)9-8-24(2,18-5-7-20(26)22(28)13-18)23(32)29-14-17-4-6-19(25)21(27)12-17/h4-7,12-13,16H,8-11,14-15H2,1-3H3,(H,29,32)/t16-,24-/m1/s1. The van der Waals surface area contributed by atoms with Gasteiger partial charge in [-0.1, -0.05) is 58.5 Å². The molecule has 11 heteroatoms. The average Bonchev–Trinajstić information content (AvgIpc) is 2.79. The highest BCUT2D eigenvalue weighted by Crippen LogP contribution is 2.34. The van der Waals surface area contributed by atoms with Crippen molar-refractivity contribution in [3.63, 3.8) is 0 Å². The molecule has 2 atom stereocenters. The molecule has 0 radical (unpaired) electrons. The van der Waals surface area contributed by atoms with Crippen LogP contribution in [0.4, 0.5) is 0 Å². The number of carbonyl (C=O) groups excluding carboxylic acids is 1. The van der Waals surface area contributed by atoms with Crippen LogP contribution in [-0.2, 0) is 26.8 Å². The first-order chi connectivity index (χ1) is 16.3. The molecule has 192 valence electrons. The Bertz CT molecular complexity index is 1190. The van der Waals surface area contributed by atoms with Crippen molar-refractivity contribution in [1.82, 2.24) is 14.5 Å². The normalized spacial score (nSPS) is 19.3. The summed E-state index contributed by atoms with van der Waals surface area (Å²) >= 11 is 24.5. The first-order valence-corrected chi connectivity index (χ1v) is 14.5. The van der Waals surface area contributed by atoms with E-state index in [0.717, 1.165) is 11.1 Å². The quantitative estimate of drug-likeness (QED) is 0.464. The van der Waals surface area contributed by atoms with Crippen LogP contribution in [-0.4, -0.2) is 62.0 Å². The third kappa shape index (κ3) is 7.04. The first kappa shape index (κ1) is 28.5. The number of piperazine rings is 1. The van der Waals surface area contributed by atoms with Crippen LogP contribution in [0.25, 0.3) is 0 Å². The summed E-state index contributed by atoms with van der Waals surface area (Å²) in [6.07, 6.45) is 1.74. The van der Waals surface area contributed by atoms with Crippen molar-refractivity contribution in [3.8, 4) is 0 Å². The number of hydrogen-bond acceptors (Lipinski definition) is 4. The van der Waals surface area contributed by atoms with Crippen molar-refractivity contribution < 1.29 is 13.2 Å². The Balaban J connectivity index is 1.77. The largest absolute Gasteiger partial charge is 0.351 e. The minimum Gasteiger partial charge on any atom is -0.351 e. The van der Waals surface area contributed by atoms with Crippen LogP contribution in [0.1, 0.15) is 31.4 Å². The molecule has 1 saturated heterocycles. The van der Waals surface area contributed by atoms with Gasteiger partial charge in [0.25, 0.3) is 0 Å². The summed E-state index contributed by atoms with van der Waals surface area (Å²) < 4.78 is 25.5. The predicted octanol–water partition coefficient (Wildman–Crippen LogP) is 5.23. The van der Waals surface area contributed by atoms with Crippen molar-refractivity contribution in [2.45, 2.75) is 38.3 Å². The van der Waals surface area contributed by atoms with Crippen LogP contribution >= 0.6 is 46.4 Å². The van der Waals surface area contributed by atoms with Gasteiger partial charge in [0, 0.05) is 32.2 Å². The molecule has 0 spiro atoms. The molecular formula is C24H29Cl4N3O3S. The van der Waals surface area contributed by atoms with E-state index in [4.69, 9.17) is 46.4 Å². The molecule has 35 heavy (non-hydrogen) atoms. The molecule has 1 amide bonds. The third-order valence-electron chi connectivity index (χ3n) is 6.50. The number of hydrogen-bond donors (Lipinski definition) is 1. The fourth-order valence-corrected chi connectivity index (χ4v) is 6.10. The number of nitrogens with one attached hydrogen (secondary N) is 1. The highest BCUT2D eigenvalue weighted by molar-refractivity contribution is 7.88. The molecule has 0 saturated carbocycles. The topological polar surface area (TPSA) is 69.7 Å². The number of halogens is 4. The van der Waals surface area contributed by atoms with Gasteiger partial charge in [-0.25, -0.2) is 8.42 Å². The van der Waals surface area contributed by atoms with Crippen molar-refractivity contribution in [2.75, 3.05) is 32.4 Å². The van der Waals surface area contributed by atoms with Crippen LogP contribution < -0.4 is 5.32 Å². The van der Waals surface area contributed by atoms with Gasteiger partial charge in [0.1, 0.15) is 0 Å². The van der Waals surface area contributed by atoms with Gasteiger partial charge in [0.05, 0.1) is 31.8 Å². The Morgan fingerprint density at radius 1 is 1.03 bits per heavy atom. The maximum atomic E-state index is 13.6. The Morgan fingerprint density at radius 2 is 1.66 bits per heavy atom. The molecule has 0 unspecified atom stereocenters. The van der Waals surface area contributed by atoms with E-state index < -0.39 is 15.4 Å². The summed E-state index contributed by atoms with van der Waals surface area (Å²) in [5.41, 5.74) is 0.679. The van der Waals surface area contributed by atoms with E-state index in [-0.39, 0.29) is 18.5 Å². The molecule has 1 N–H and O–H groups in total. The van der Waals surface area contributed by atoms with Gasteiger partial charge in [0.2, 0.25) is 15.9 Å². The lowest BCUT2D eigenvalue weighted by Crippen LogP contribution is -2.54. The number of carbonyl (C=O) groups is 1. The molecule has 1 heterocycles. The second kappa shape index (κ2) is 11.5. The number of benzene rings is 2. The second-order valence-electron chi connectivity index (χ2n) is 9.17. The number of amides is 1.